The molecule has 1 aliphatic carbocycles. The predicted molar refractivity (Wildman–Crippen MR) is 143 cm³/mol. The van der Waals surface area contributed by atoms with Crippen molar-refractivity contribution in [2.45, 2.75) is 18.9 Å². The topological polar surface area (TPSA) is 12.0 Å². The average molecular weight is 464 g/mol. The average Bonchev–Trinajstić information content (AvgIpc) is 3.74. The van der Waals surface area contributed by atoms with Gasteiger partial charge in [-0.05, 0) is 78.4 Å². The molecule has 34 heavy (non-hydrogen) atoms. The van der Waals surface area contributed by atoms with Crippen LogP contribution in [-0.2, 0) is 0 Å². The molecule has 1 N–H and O–H groups in total. The smallest absolute Gasteiger partial charge is 0.123 e. The molecule has 1 nitrogen and oxygen atoms in total. The molecule has 6 rings (SSSR count). The lowest BCUT2D eigenvalue weighted by molar-refractivity contribution is 0.627. The number of anilines is 1. The third-order valence-corrected chi connectivity index (χ3v) is 9.39. The zero-order valence-corrected chi connectivity index (χ0v) is 19.9. The van der Waals surface area contributed by atoms with Gasteiger partial charge in [-0.3, -0.25) is 0 Å². The maximum atomic E-state index is 13.9. The maximum Gasteiger partial charge on any atom is 0.123 e. The van der Waals surface area contributed by atoms with Crippen LogP contribution >= 0.6 is 7.92 Å². The fraction of sp³-hybridized carbons (Fsp3) is 0.161. The monoisotopic (exact) mass is 463 g/mol. The quantitative estimate of drug-likeness (QED) is 0.305. The molecule has 3 heteroatoms. The van der Waals surface area contributed by atoms with Gasteiger partial charge in [0.15, 0.2) is 0 Å². The van der Waals surface area contributed by atoms with E-state index in [1.54, 1.807) is 12.1 Å². The second kappa shape index (κ2) is 9.20. The van der Waals surface area contributed by atoms with E-state index in [9.17, 15) is 4.39 Å². The van der Waals surface area contributed by atoms with Gasteiger partial charge >= 0.3 is 0 Å². The van der Waals surface area contributed by atoms with E-state index in [2.05, 4.69) is 90.2 Å². The molecule has 1 fully saturated rings. The molecule has 1 heterocycles. The van der Waals surface area contributed by atoms with Crippen LogP contribution in [0.5, 0.6) is 0 Å². The van der Waals surface area contributed by atoms with Gasteiger partial charge in [0.1, 0.15) is 5.82 Å². The van der Waals surface area contributed by atoms with E-state index in [1.807, 2.05) is 12.1 Å². The van der Waals surface area contributed by atoms with Crippen LogP contribution in [0.2, 0.25) is 0 Å². The highest BCUT2D eigenvalue weighted by molar-refractivity contribution is 7.73. The molecule has 0 spiro atoms. The summed E-state index contributed by atoms with van der Waals surface area (Å²) in [5.74, 6) is 0.463. The van der Waals surface area contributed by atoms with E-state index in [1.165, 1.54) is 45.8 Å². The Labute approximate surface area is 202 Å². The van der Waals surface area contributed by atoms with E-state index in [0.29, 0.717) is 12.0 Å². The highest BCUT2D eigenvalue weighted by Gasteiger charge is 2.39. The second-order valence-corrected chi connectivity index (χ2v) is 11.4. The van der Waals surface area contributed by atoms with Crippen LogP contribution in [0.15, 0.2) is 115 Å². The summed E-state index contributed by atoms with van der Waals surface area (Å²) in [7, 11) is -0.582. The van der Waals surface area contributed by atoms with Crippen molar-refractivity contribution in [3.8, 4) is 0 Å². The van der Waals surface area contributed by atoms with Gasteiger partial charge in [0.05, 0.1) is 6.04 Å². The Morgan fingerprint density at radius 3 is 1.91 bits per heavy atom. The van der Waals surface area contributed by atoms with E-state index < -0.39 is 7.92 Å². The van der Waals surface area contributed by atoms with E-state index in [-0.39, 0.29) is 5.82 Å². The molecule has 1 unspecified atom stereocenters. The second-order valence-electron chi connectivity index (χ2n) is 9.17. The third-order valence-electron chi connectivity index (χ3n) is 6.89. The largest absolute Gasteiger partial charge is 0.378 e. The Morgan fingerprint density at radius 2 is 1.29 bits per heavy atom. The Kier molecular flexibility index (Phi) is 5.77. The summed E-state index contributed by atoms with van der Waals surface area (Å²) >= 11 is 0. The van der Waals surface area contributed by atoms with Crippen LogP contribution in [-0.4, -0.2) is 12.2 Å². The van der Waals surface area contributed by atoms with Gasteiger partial charge in [0.2, 0.25) is 0 Å². The first-order valence-electron chi connectivity index (χ1n) is 12.0. The van der Waals surface area contributed by atoms with Gasteiger partial charge in [0.25, 0.3) is 0 Å². The van der Waals surface area contributed by atoms with Crippen LogP contribution in [0.3, 0.4) is 0 Å². The highest BCUT2D eigenvalue weighted by atomic mass is 31.1. The number of para-hydroxylation sites is 1. The Balaban J connectivity index is 1.55. The zero-order chi connectivity index (χ0) is 22.9. The van der Waals surface area contributed by atoms with Crippen LogP contribution in [0, 0.1) is 11.7 Å². The first-order valence-corrected chi connectivity index (χ1v) is 13.5. The van der Waals surface area contributed by atoms with Gasteiger partial charge in [0, 0.05) is 11.3 Å². The van der Waals surface area contributed by atoms with Crippen molar-refractivity contribution in [1.82, 2.24) is 0 Å². The summed E-state index contributed by atoms with van der Waals surface area (Å²) in [6.07, 6.45) is 3.50. The summed E-state index contributed by atoms with van der Waals surface area (Å²) in [6.45, 7) is 0. The minimum atomic E-state index is -0.582. The molecule has 0 bridgehead atoms. The van der Waals surface area contributed by atoms with Gasteiger partial charge < -0.3 is 5.32 Å². The molecular formula is C31H27FNP. The molecule has 1 atom stereocenters. The number of rotatable bonds is 6. The molecule has 0 radical (unpaired) electrons. The molecule has 2 aliphatic rings. The summed E-state index contributed by atoms with van der Waals surface area (Å²) in [5.41, 5.74) is 6.26. The predicted octanol–water partition coefficient (Wildman–Crippen LogP) is 6.96. The molecular weight excluding hydrogens is 436 g/mol. The van der Waals surface area contributed by atoms with E-state index >= 15 is 0 Å². The lowest BCUT2D eigenvalue weighted by Gasteiger charge is -2.35. The number of nitrogens with one attached hydrogen (secondary N) is 1. The summed E-state index contributed by atoms with van der Waals surface area (Å²) in [6, 6.07) is 37.9. The summed E-state index contributed by atoms with van der Waals surface area (Å²) in [4.78, 5) is 0. The third kappa shape index (κ3) is 4.19. The SMILES string of the molecule is Fc1ccc(C2=C(CP(c3ccccc3)c3ccccc3)C(C3CC3)Nc3ccccc32)cc1. The van der Waals surface area contributed by atoms with Crippen molar-refractivity contribution in [3.05, 3.63) is 132 Å². The standard InChI is InChI=1S/C31H27FNP/c32-24-19-17-22(18-20-24)30-27-13-7-8-14-29(27)33-31(23-15-16-23)28(30)21-34(25-9-3-1-4-10-25)26-11-5-2-6-12-26/h1-14,17-20,23,31,33H,15-16,21H2. The molecule has 1 aliphatic heterocycles. The highest BCUT2D eigenvalue weighted by Crippen LogP contribution is 2.49. The van der Waals surface area contributed by atoms with E-state index in [0.717, 1.165) is 11.7 Å². The van der Waals surface area contributed by atoms with Crippen LogP contribution in [0.1, 0.15) is 24.0 Å². The molecule has 4 aromatic rings. The molecule has 168 valence electrons. The van der Waals surface area contributed by atoms with Crippen LogP contribution in [0.4, 0.5) is 10.1 Å². The van der Waals surface area contributed by atoms with E-state index in [4.69, 9.17) is 0 Å². The Hall–Kier alpha value is -3.22. The summed E-state index contributed by atoms with van der Waals surface area (Å²) in [5, 5.41) is 6.69. The number of fused-ring (bicyclic) bond motifs is 1. The normalized spacial score (nSPS) is 17.4. The van der Waals surface area contributed by atoms with Gasteiger partial charge in [-0.25, -0.2) is 4.39 Å². The number of halogens is 1. The minimum absolute atomic E-state index is 0.192. The fourth-order valence-electron chi connectivity index (χ4n) is 5.09. The van der Waals surface area contributed by atoms with Crippen molar-refractivity contribution in [3.63, 3.8) is 0 Å². The molecule has 0 amide bonds. The van der Waals surface area contributed by atoms with Crippen molar-refractivity contribution >= 4 is 29.8 Å². The first kappa shape index (κ1) is 21.3. The first-order chi connectivity index (χ1) is 16.8. The molecule has 1 saturated carbocycles. The Morgan fingerprint density at radius 1 is 0.706 bits per heavy atom. The van der Waals surface area contributed by atoms with Crippen molar-refractivity contribution < 1.29 is 4.39 Å². The van der Waals surface area contributed by atoms with Gasteiger partial charge in [-0.1, -0.05) is 91.0 Å². The number of hydrogen-bond acceptors (Lipinski definition) is 1. The molecule has 4 aromatic carbocycles. The van der Waals surface area contributed by atoms with Gasteiger partial charge in [-0.2, -0.15) is 0 Å². The Bertz CT molecular complexity index is 1270. The molecule has 0 saturated heterocycles. The van der Waals surface area contributed by atoms with Crippen molar-refractivity contribution in [2.24, 2.45) is 5.92 Å². The molecule has 0 aromatic heterocycles. The lowest BCUT2D eigenvalue weighted by atomic mass is 9.84. The van der Waals surface area contributed by atoms with Crippen molar-refractivity contribution in [2.75, 3.05) is 11.5 Å². The number of benzene rings is 4. The van der Waals surface area contributed by atoms with Crippen molar-refractivity contribution in [1.29, 1.82) is 0 Å². The minimum Gasteiger partial charge on any atom is -0.378 e. The number of hydrogen-bond donors (Lipinski definition) is 1. The van der Waals surface area contributed by atoms with Crippen LogP contribution in [0.25, 0.3) is 5.57 Å². The zero-order valence-electron chi connectivity index (χ0n) is 19.0. The van der Waals surface area contributed by atoms with Gasteiger partial charge in [-0.15, -0.1) is 0 Å². The maximum absolute atomic E-state index is 13.9. The summed E-state index contributed by atoms with van der Waals surface area (Å²) < 4.78 is 13.9. The van der Waals surface area contributed by atoms with Crippen LogP contribution < -0.4 is 15.9 Å². The fourth-order valence-corrected chi connectivity index (χ4v) is 7.52. The lowest BCUT2D eigenvalue weighted by Crippen LogP contribution is -2.32.